The van der Waals surface area contributed by atoms with Crippen LogP contribution in [0.15, 0.2) is 47.1 Å². The predicted octanol–water partition coefficient (Wildman–Crippen LogP) is 2.46. The lowest BCUT2D eigenvalue weighted by Gasteiger charge is -2.37. The molecular formula is C21H28ClN6O+. The number of aromatic nitrogens is 4. The summed E-state index contributed by atoms with van der Waals surface area (Å²) in [4.78, 5) is 3.95. The summed E-state index contributed by atoms with van der Waals surface area (Å²) in [6.07, 6.45) is 2.73. The second kappa shape index (κ2) is 8.97. The number of hydrogen-bond donors (Lipinski definition) is 1. The highest BCUT2D eigenvalue weighted by Gasteiger charge is 2.33. The minimum absolute atomic E-state index is 0.265. The quantitative estimate of drug-likeness (QED) is 0.642. The average Bonchev–Trinajstić information content (AvgIpc) is 3.39. The lowest BCUT2D eigenvalue weighted by molar-refractivity contribution is -0.934. The molecule has 0 bridgehead atoms. The third kappa shape index (κ3) is 4.79. The van der Waals surface area contributed by atoms with E-state index in [2.05, 4.69) is 40.3 Å². The van der Waals surface area contributed by atoms with Crippen molar-refractivity contribution in [1.82, 2.24) is 20.2 Å². The van der Waals surface area contributed by atoms with Gasteiger partial charge in [0.25, 0.3) is 0 Å². The summed E-state index contributed by atoms with van der Waals surface area (Å²) in [5.74, 6) is 2.37. The standard InChI is InChI=1S/C21H27ClN6O/c1-16(2)13-20(21-23-24-25-28(21)15-19-7-4-12-29-19)27-10-8-26(9-11-27)18-6-3-5-17(22)14-18/h3-7,12,14,16,20H,8-11,13,15H2,1-2H3/p+1/t20-/m1/s1. The molecule has 1 atom stereocenters. The molecule has 2 aromatic heterocycles. The van der Waals surface area contributed by atoms with Gasteiger partial charge in [0.1, 0.15) is 18.3 Å². The first-order chi connectivity index (χ1) is 14.1. The van der Waals surface area contributed by atoms with E-state index in [1.165, 1.54) is 10.6 Å². The first-order valence-electron chi connectivity index (χ1n) is 10.2. The van der Waals surface area contributed by atoms with Gasteiger partial charge >= 0.3 is 0 Å². The second-order valence-corrected chi connectivity index (χ2v) is 8.52. The topological polar surface area (TPSA) is 64.4 Å². The number of tetrazole rings is 1. The zero-order valence-corrected chi connectivity index (χ0v) is 17.7. The zero-order valence-electron chi connectivity index (χ0n) is 17.0. The van der Waals surface area contributed by atoms with Gasteiger partial charge in [-0.2, -0.15) is 0 Å². The molecule has 1 aliphatic rings. The molecule has 0 radical (unpaired) electrons. The molecule has 8 heteroatoms. The van der Waals surface area contributed by atoms with Crippen molar-refractivity contribution < 1.29 is 9.32 Å². The van der Waals surface area contributed by atoms with E-state index >= 15 is 0 Å². The van der Waals surface area contributed by atoms with Crippen LogP contribution in [0.4, 0.5) is 5.69 Å². The van der Waals surface area contributed by atoms with Crippen LogP contribution in [0.25, 0.3) is 0 Å². The van der Waals surface area contributed by atoms with Crippen LogP contribution in [-0.2, 0) is 6.54 Å². The van der Waals surface area contributed by atoms with Gasteiger partial charge in [0.15, 0.2) is 0 Å². The summed E-state index contributed by atoms with van der Waals surface area (Å²) in [7, 11) is 0. The second-order valence-electron chi connectivity index (χ2n) is 8.08. The number of nitrogens with zero attached hydrogens (tertiary/aromatic N) is 5. The first kappa shape index (κ1) is 19.9. The van der Waals surface area contributed by atoms with Crippen molar-refractivity contribution in [3.05, 3.63) is 59.3 Å². The predicted molar refractivity (Wildman–Crippen MR) is 112 cm³/mol. The number of hydrogen-bond acceptors (Lipinski definition) is 5. The number of nitrogens with one attached hydrogen (secondary N) is 1. The maximum Gasteiger partial charge on any atom is 0.209 e. The van der Waals surface area contributed by atoms with Gasteiger partial charge in [0, 0.05) is 17.1 Å². The lowest BCUT2D eigenvalue weighted by atomic mass is 10.0. The summed E-state index contributed by atoms with van der Waals surface area (Å²) < 4.78 is 7.39. The fourth-order valence-electron chi connectivity index (χ4n) is 4.12. The minimum atomic E-state index is 0.265. The zero-order chi connectivity index (χ0) is 20.2. The highest BCUT2D eigenvalue weighted by molar-refractivity contribution is 6.30. The van der Waals surface area contributed by atoms with Crippen LogP contribution in [0, 0.1) is 5.92 Å². The van der Waals surface area contributed by atoms with Gasteiger partial charge < -0.3 is 14.2 Å². The molecule has 1 saturated heterocycles. The Morgan fingerprint density at radius 3 is 2.69 bits per heavy atom. The number of rotatable bonds is 7. The maximum atomic E-state index is 6.18. The van der Waals surface area contributed by atoms with E-state index in [0.29, 0.717) is 12.5 Å². The highest BCUT2D eigenvalue weighted by Crippen LogP contribution is 2.21. The molecule has 3 heterocycles. The molecule has 3 aromatic rings. The fraction of sp³-hybridized carbons (Fsp3) is 0.476. The third-order valence-corrected chi connectivity index (χ3v) is 5.77. The number of quaternary nitrogens is 1. The Balaban J connectivity index is 1.49. The molecule has 1 fully saturated rings. The molecular weight excluding hydrogens is 388 g/mol. The third-order valence-electron chi connectivity index (χ3n) is 5.54. The Labute approximate surface area is 176 Å². The van der Waals surface area contributed by atoms with Gasteiger partial charge in [-0.05, 0) is 46.7 Å². The Kier molecular flexibility index (Phi) is 6.16. The number of furan rings is 1. The molecule has 4 rings (SSSR count). The van der Waals surface area contributed by atoms with E-state index in [9.17, 15) is 0 Å². The van der Waals surface area contributed by atoms with Crippen LogP contribution in [0.2, 0.25) is 5.02 Å². The molecule has 1 N–H and O–H groups in total. The molecule has 0 aliphatic carbocycles. The van der Waals surface area contributed by atoms with Crippen LogP contribution in [0.1, 0.15) is 37.9 Å². The molecule has 154 valence electrons. The van der Waals surface area contributed by atoms with Crippen molar-refractivity contribution in [2.75, 3.05) is 31.1 Å². The summed E-state index contributed by atoms with van der Waals surface area (Å²) in [6.45, 7) is 9.14. The van der Waals surface area contributed by atoms with E-state index in [0.717, 1.165) is 49.2 Å². The summed E-state index contributed by atoms with van der Waals surface area (Å²) in [5, 5.41) is 13.4. The molecule has 29 heavy (non-hydrogen) atoms. The largest absolute Gasteiger partial charge is 0.467 e. The van der Waals surface area contributed by atoms with Crippen molar-refractivity contribution in [3.8, 4) is 0 Å². The van der Waals surface area contributed by atoms with Crippen LogP contribution < -0.4 is 9.80 Å². The fourth-order valence-corrected chi connectivity index (χ4v) is 4.31. The number of benzene rings is 1. The Morgan fingerprint density at radius 1 is 1.17 bits per heavy atom. The molecule has 0 unspecified atom stereocenters. The molecule has 0 spiro atoms. The maximum absolute atomic E-state index is 6.18. The van der Waals surface area contributed by atoms with E-state index in [1.54, 1.807) is 6.26 Å². The molecule has 0 amide bonds. The average molecular weight is 416 g/mol. The van der Waals surface area contributed by atoms with Gasteiger partial charge in [-0.15, -0.1) is 5.10 Å². The van der Waals surface area contributed by atoms with Crippen LogP contribution >= 0.6 is 11.6 Å². The van der Waals surface area contributed by atoms with Gasteiger partial charge in [-0.25, -0.2) is 4.68 Å². The van der Waals surface area contributed by atoms with Gasteiger partial charge in [-0.1, -0.05) is 31.5 Å². The SMILES string of the molecule is CC(C)C[C@H](c1nnnn1Cc1ccco1)[NH+]1CCN(c2cccc(Cl)c2)CC1. The number of piperazine rings is 1. The Morgan fingerprint density at radius 2 is 2.00 bits per heavy atom. The van der Waals surface area contributed by atoms with Crippen molar-refractivity contribution in [3.63, 3.8) is 0 Å². The van der Waals surface area contributed by atoms with Gasteiger partial charge in [0.05, 0.1) is 32.4 Å². The van der Waals surface area contributed by atoms with Gasteiger partial charge in [0.2, 0.25) is 5.82 Å². The van der Waals surface area contributed by atoms with E-state index in [1.807, 2.05) is 35.0 Å². The normalized spacial score (nSPS) is 16.5. The monoisotopic (exact) mass is 415 g/mol. The van der Waals surface area contributed by atoms with Gasteiger partial charge in [-0.3, -0.25) is 0 Å². The number of anilines is 1. The number of halogens is 1. The molecule has 1 aliphatic heterocycles. The Bertz CT molecular complexity index is 902. The van der Waals surface area contributed by atoms with Crippen molar-refractivity contribution in [2.24, 2.45) is 5.92 Å². The van der Waals surface area contributed by atoms with E-state index in [4.69, 9.17) is 16.0 Å². The van der Waals surface area contributed by atoms with Crippen molar-refractivity contribution >= 4 is 17.3 Å². The summed E-state index contributed by atoms with van der Waals surface area (Å²) in [5.41, 5.74) is 1.19. The summed E-state index contributed by atoms with van der Waals surface area (Å²) >= 11 is 6.18. The van der Waals surface area contributed by atoms with Crippen LogP contribution in [-0.4, -0.2) is 46.4 Å². The smallest absolute Gasteiger partial charge is 0.209 e. The minimum Gasteiger partial charge on any atom is -0.467 e. The molecule has 1 aromatic carbocycles. The first-order valence-corrected chi connectivity index (χ1v) is 10.6. The van der Waals surface area contributed by atoms with Crippen molar-refractivity contribution in [2.45, 2.75) is 32.9 Å². The molecule has 7 nitrogen and oxygen atoms in total. The van der Waals surface area contributed by atoms with Crippen LogP contribution in [0.3, 0.4) is 0 Å². The highest BCUT2D eigenvalue weighted by atomic mass is 35.5. The van der Waals surface area contributed by atoms with Crippen LogP contribution in [0.5, 0.6) is 0 Å². The summed E-state index contributed by atoms with van der Waals surface area (Å²) in [6, 6.07) is 12.2. The Hall–Kier alpha value is -2.38. The van der Waals surface area contributed by atoms with Crippen molar-refractivity contribution in [1.29, 1.82) is 0 Å². The van der Waals surface area contributed by atoms with E-state index < -0.39 is 0 Å². The molecule has 0 saturated carbocycles. The lowest BCUT2D eigenvalue weighted by Crippen LogP contribution is -3.15. The van der Waals surface area contributed by atoms with E-state index in [-0.39, 0.29) is 6.04 Å².